The van der Waals surface area contributed by atoms with E-state index in [4.69, 9.17) is 5.11 Å². The second kappa shape index (κ2) is 6.78. The summed E-state index contributed by atoms with van der Waals surface area (Å²) < 4.78 is 28.8. The van der Waals surface area contributed by atoms with Crippen molar-refractivity contribution in [3.63, 3.8) is 0 Å². The summed E-state index contributed by atoms with van der Waals surface area (Å²) in [4.78, 5) is 10.9. The first-order valence-corrected chi connectivity index (χ1v) is 9.05. The Kier molecular flexibility index (Phi) is 5.23. The Labute approximate surface area is 131 Å². The maximum absolute atomic E-state index is 13.0. The lowest BCUT2D eigenvalue weighted by Gasteiger charge is -2.28. The molecule has 0 spiro atoms. The van der Waals surface area contributed by atoms with Crippen LogP contribution in [0.4, 0.5) is 0 Å². The van der Waals surface area contributed by atoms with Crippen LogP contribution >= 0.6 is 0 Å². The molecule has 0 saturated heterocycles. The summed E-state index contributed by atoms with van der Waals surface area (Å²) in [6.07, 6.45) is 4.81. The smallest absolute Gasteiger partial charge is 0.304 e. The van der Waals surface area contributed by atoms with Crippen molar-refractivity contribution >= 4 is 16.0 Å². The lowest BCUT2D eigenvalue weighted by molar-refractivity contribution is -0.137. The molecular weight excluding hydrogens is 306 g/mol. The van der Waals surface area contributed by atoms with Crippen molar-refractivity contribution in [2.75, 3.05) is 6.54 Å². The molecule has 0 aliphatic heterocycles. The van der Waals surface area contributed by atoms with E-state index in [-0.39, 0.29) is 30.1 Å². The van der Waals surface area contributed by atoms with Gasteiger partial charge in [-0.15, -0.1) is 0 Å². The highest BCUT2D eigenvalue weighted by Gasteiger charge is 2.35. The van der Waals surface area contributed by atoms with Gasteiger partial charge in [-0.05, 0) is 32.8 Å². The third kappa shape index (κ3) is 3.49. The molecule has 124 valence electrons. The van der Waals surface area contributed by atoms with E-state index >= 15 is 0 Å². The highest BCUT2D eigenvalue weighted by molar-refractivity contribution is 7.89. The van der Waals surface area contributed by atoms with Gasteiger partial charge in [0.15, 0.2) is 5.03 Å². The number of hydrogen-bond donors (Lipinski definition) is 1. The Morgan fingerprint density at radius 1 is 1.45 bits per heavy atom. The van der Waals surface area contributed by atoms with Crippen LogP contribution in [0.15, 0.2) is 17.3 Å². The first-order chi connectivity index (χ1) is 10.3. The molecule has 22 heavy (non-hydrogen) atoms. The third-order valence-corrected chi connectivity index (χ3v) is 5.92. The largest absolute Gasteiger partial charge is 0.481 e. The minimum absolute atomic E-state index is 0.00556. The van der Waals surface area contributed by atoms with Crippen LogP contribution in [0, 0.1) is 0 Å². The molecule has 0 amide bonds. The zero-order valence-electron chi connectivity index (χ0n) is 13.0. The molecule has 2 rings (SSSR count). The van der Waals surface area contributed by atoms with E-state index in [9.17, 15) is 13.2 Å². The summed E-state index contributed by atoms with van der Waals surface area (Å²) in [6.45, 7) is 3.73. The van der Waals surface area contributed by atoms with E-state index in [1.54, 1.807) is 0 Å². The number of aliphatic carboxylic acids is 1. The molecule has 1 N–H and O–H groups in total. The second-order valence-corrected chi connectivity index (χ2v) is 7.74. The van der Waals surface area contributed by atoms with Gasteiger partial charge in [0.1, 0.15) is 0 Å². The van der Waals surface area contributed by atoms with Gasteiger partial charge >= 0.3 is 5.97 Å². The van der Waals surface area contributed by atoms with Gasteiger partial charge in [-0.1, -0.05) is 12.8 Å². The summed E-state index contributed by atoms with van der Waals surface area (Å²) in [5.41, 5.74) is 0. The maximum Gasteiger partial charge on any atom is 0.304 e. The fourth-order valence-electron chi connectivity index (χ4n) is 2.91. The molecule has 1 aromatic rings. The number of nitrogens with zero attached hydrogens (tertiary/aromatic N) is 3. The van der Waals surface area contributed by atoms with Crippen molar-refractivity contribution in [2.24, 2.45) is 0 Å². The highest BCUT2D eigenvalue weighted by Crippen LogP contribution is 2.29. The van der Waals surface area contributed by atoms with Crippen molar-refractivity contribution in [2.45, 2.75) is 63.1 Å². The maximum atomic E-state index is 13.0. The fraction of sp³-hybridized carbons (Fsp3) is 0.714. The van der Waals surface area contributed by atoms with E-state index in [0.29, 0.717) is 0 Å². The van der Waals surface area contributed by atoms with Gasteiger partial charge < -0.3 is 5.11 Å². The molecule has 0 atom stereocenters. The molecule has 1 aromatic heterocycles. The van der Waals surface area contributed by atoms with Crippen molar-refractivity contribution in [1.29, 1.82) is 0 Å². The topological polar surface area (TPSA) is 92.5 Å². The SMILES string of the molecule is CC(C)n1nccc1S(=O)(=O)N(CCC(=O)O)C1CCCC1. The Morgan fingerprint density at radius 2 is 2.09 bits per heavy atom. The Balaban J connectivity index is 2.35. The second-order valence-electron chi connectivity index (χ2n) is 5.91. The Morgan fingerprint density at radius 3 is 2.64 bits per heavy atom. The number of carboxylic acid groups (broad SMARTS) is 1. The van der Waals surface area contributed by atoms with Gasteiger partial charge in [0.25, 0.3) is 10.0 Å². The lowest BCUT2D eigenvalue weighted by Crippen LogP contribution is -2.41. The molecular formula is C14H23N3O4S. The van der Waals surface area contributed by atoms with Crippen molar-refractivity contribution in [3.8, 4) is 0 Å². The van der Waals surface area contributed by atoms with Gasteiger partial charge in [-0.3, -0.25) is 9.48 Å². The number of sulfonamides is 1. The fourth-order valence-corrected chi connectivity index (χ4v) is 4.81. The molecule has 0 radical (unpaired) electrons. The van der Waals surface area contributed by atoms with Gasteiger partial charge in [-0.2, -0.15) is 9.40 Å². The van der Waals surface area contributed by atoms with Crippen LogP contribution in [0.3, 0.4) is 0 Å². The highest BCUT2D eigenvalue weighted by atomic mass is 32.2. The summed E-state index contributed by atoms with van der Waals surface area (Å²) >= 11 is 0. The number of rotatable bonds is 7. The molecule has 1 saturated carbocycles. The summed E-state index contributed by atoms with van der Waals surface area (Å²) in [5, 5.41) is 13.1. The normalized spacial score (nSPS) is 16.7. The van der Waals surface area contributed by atoms with Crippen LogP contribution in [-0.4, -0.2) is 46.2 Å². The molecule has 1 aliphatic rings. The predicted molar refractivity (Wildman–Crippen MR) is 81.0 cm³/mol. The van der Waals surface area contributed by atoms with Gasteiger partial charge in [0, 0.05) is 18.6 Å². The van der Waals surface area contributed by atoms with Crippen LogP contribution in [0.2, 0.25) is 0 Å². The van der Waals surface area contributed by atoms with Crippen LogP contribution in [0.25, 0.3) is 0 Å². The molecule has 7 nitrogen and oxygen atoms in total. The van der Waals surface area contributed by atoms with Gasteiger partial charge in [0.2, 0.25) is 0 Å². The van der Waals surface area contributed by atoms with Crippen molar-refractivity contribution in [1.82, 2.24) is 14.1 Å². The first-order valence-electron chi connectivity index (χ1n) is 7.61. The molecule has 1 heterocycles. The number of hydrogen-bond acceptors (Lipinski definition) is 4. The molecule has 0 bridgehead atoms. The Hall–Kier alpha value is -1.41. The van der Waals surface area contributed by atoms with Gasteiger partial charge in [-0.25, -0.2) is 8.42 Å². The lowest BCUT2D eigenvalue weighted by atomic mass is 10.2. The number of carbonyl (C=O) groups is 1. The average molecular weight is 329 g/mol. The van der Waals surface area contributed by atoms with Crippen LogP contribution in [-0.2, 0) is 14.8 Å². The van der Waals surface area contributed by atoms with Crippen LogP contribution in [0.5, 0.6) is 0 Å². The third-order valence-electron chi connectivity index (χ3n) is 3.97. The molecule has 1 fully saturated rings. The molecule has 8 heteroatoms. The number of carboxylic acids is 1. The standard InChI is InChI=1S/C14H23N3O4S/c1-11(2)17-13(7-9-15-17)22(20,21)16(10-8-14(18)19)12-5-3-4-6-12/h7,9,11-12H,3-6,8,10H2,1-2H3,(H,18,19). The van der Waals surface area contributed by atoms with E-state index in [0.717, 1.165) is 25.7 Å². The average Bonchev–Trinajstić information content (AvgIpc) is 3.09. The predicted octanol–water partition coefficient (Wildman–Crippen LogP) is 1.87. The quantitative estimate of drug-likeness (QED) is 0.824. The molecule has 0 unspecified atom stereocenters. The van der Waals surface area contributed by atoms with Gasteiger partial charge in [0.05, 0.1) is 12.6 Å². The zero-order valence-corrected chi connectivity index (χ0v) is 13.8. The zero-order chi connectivity index (χ0) is 16.3. The van der Waals surface area contributed by atoms with E-state index in [1.165, 1.54) is 21.3 Å². The number of aromatic nitrogens is 2. The van der Waals surface area contributed by atoms with Crippen molar-refractivity contribution < 1.29 is 18.3 Å². The van der Waals surface area contributed by atoms with E-state index in [1.807, 2.05) is 13.8 Å². The summed E-state index contributed by atoms with van der Waals surface area (Å²) in [5.74, 6) is -0.990. The van der Waals surface area contributed by atoms with Crippen LogP contribution < -0.4 is 0 Å². The summed E-state index contributed by atoms with van der Waals surface area (Å²) in [6, 6.07) is 1.29. The minimum atomic E-state index is -3.74. The Bertz CT molecular complexity index is 618. The summed E-state index contributed by atoms with van der Waals surface area (Å²) in [7, 11) is -3.74. The molecule has 1 aliphatic carbocycles. The van der Waals surface area contributed by atoms with E-state index in [2.05, 4.69) is 5.10 Å². The van der Waals surface area contributed by atoms with E-state index < -0.39 is 16.0 Å². The minimum Gasteiger partial charge on any atom is -0.481 e. The van der Waals surface area contributed by atoms with Crippen LogP contribution in [0.1, 0.15) is 52.0 Å². The monoisotopic (exact) mass is 329 g/mol. The first kappa shape index (κ1) is 17.0. The molecule has 0 aromatic carbocycles. The van der Waals surface area contributed by atoms with Crippen molar-refractivity contribution in [3.05, 3.63) is 12.3 Å².